The van der Waals surface area contributed by atoms with Gasteiger partial charge in [0.25, 0.3) is 0 Å². The Kier molecular flexibility index (Phi) is 8.29. The molecule has 31 heavy (non-hydrogen) atoms. The number of amides is 1. The lowest BCUT2D eigenvalue weighted by molar-refractivity contribution is -0.130. The lowest BCUT2D eigenvalue weighted by atomic mass is 10.1. The van der Waals surface area contributed by atoms with Crippen molar-refractivity contribution in [3.05, 3.63) is 47.5 Å². The van der Waals surface area contributed by atoms with Gasteiger partial charge >= 0.3 is 0 Å². The van der Waals surface area contributed by atoms with Gasteiger partial charge < -0.3 is 19.1 Å². The largest absolute Gasteiger partial charge is 0.493 e. The average molecular weight is 451 g/mol. The minimum Gasteiger partial charge on any atom is -0.493 e. The first-order chi connectivity index (χ1) is 14.6. The zero-order valence-electron chi connectivity index (χ0n) is 18.8. The normalized spacial score (nSPS) is 11.3. The van der Waals surface area contributed by atoms with E-state index in [0.29, 0.717) is 36.6 Å². The van der Waals surface area contributed by atoms with Crippen LogP contribution in [-0.4, -0.2) is 66.0 Å². The number of hydrogen-bond acceptors (Lipinski definition) is 6. The molecule has 0 atom stereocenters. The van der Waals surface area contributed by atoms with Gasteiger partial charge in [-0.15, -0.1) is 0 Å². The summed E-state index contributed by atoms with van der Waals surface area (Å²) in [6.07, 6.45) is 0.821. The number of ether oxygens (including phenoxy) is 3. The summed E-state index contributed by atoms with van der Waals surface area (Å²) in [5.41, 5.74) is 1.75. The molecule has 0 aliphatic carbocycles. The molecule has 1 amide bonds. The molecule has 8 nitrogen and oxygen atoms in total. The third-order valence-electron chi connectivity index (χ3n) is 4.90. The van der Waals surface area contributed by atoms with Crippen molar-refractivity contribution >= 4 is 15.9 Å². The lowest BCUT2D eigenvalue weighted by Gasteiger charge is -2.19. The predicted octanol–water partition coefficient (Wildman–Crippen LogP) is 2.55. The van der Waals surface area contributed by atoms with Gasteiger partial charge in [0.1, 0.15) is 0 Å². The summed E-state index contributed by atoms with van der Waals surface area (Å²) in [4.78, 5) is 14.5. The number of aryl methyl sites for hydroxylation is 1. The molecule has 0 spiro atoms. The minimum atomic E-state index is -3.46. The molecule has 9 heteroatoms. The molecular formula is C22H30N2O6S. The van der Waals surface area contributed by atoms with E-state index in [0.717, 1.165) is 11.1 Å². The van der Waals surface area contributed by atoms with E-state index >= 15 is 0 Å². The van der Waals surface area contributed by atoms with Crippen LogP contribution in [0.2, 0.25) is 0 Å². The molecule has 0 aliphatic heterocycles. The van der Waals surface area contributed by atoms with E-state index in [1.807, 2.05) is 12.1 Å². The fraction of sp³-hybridized carbons (Fsp3) is 0.409. The van der Waals surface area contributed by atoms with Crippen LogP contribution in [0.1, 0.15) is 17.5 Å². The van der Waals surface area contributed by atoms with Gasteiger partial charge in [-0.25, -0.2) is 12.7 Å². The lowest BCUT2D eigenvalue weighted by Crippen LogP contribution is -2.26. The van der Waals surface area contributed by atoms with E-state index < -0.39 is 10.0 Å². The first-order valence-electron chi connectivity index (χ1n) is 9.68. The third kappa shape index (κ3) is 5.89. The topological polar surface area (TPSA) is 85.4 Å². The smallest absolute Gasteiger partial charge is 0.242 e. The fourth-order valence-corrected chi connectivity index (χ4v) is 3.97. The highest BCUT2D eigenvalue weighted by Crippen LogP contribution is 2.38. The number of carbonyl (C=O) groups excluding carboxylic acids is 1. The average Bonchev–Trinajstić information content (AvgIpc) is 2.76. The van der Waals surface area contributed by atoms with Crippen molar-refractivity contribution < 1.29 is 27.4 Å². The molecule has 0 fully saturated rings. The molecule has 2 aromatic rings. The van der Waals surface area contributed by atoms with E-state index in [2.05, 4.69) is 0 Å². The van der Waals surface area contributed by atoms with Crippen LogP contribution in [0.3, 0.4) is 0 Å². The highest BCUT2D eigenvalue weighted by molar-refractivity contribution is 7.89. The van der Waals surface area contributed by atoms with Crippen molar-refractivity contribution in [1.29, 1.82) is 0 Å². The zero-order valence-corrected chi connectivity index (χ0v) is 19.7. The van der Waals surface area contributed by atoms with Crippen LogP contribution in [0.15, 0.2) is 41.3 Å². The van der Waals surface area contributed by atoms with Crippen LogP contribution >= 0.6 is 0 Å². The summed E-state index contributed by atoms with van der Waals surface area (Å²) in [5.74, 6) is 1.54. The van der Waals surface area contributed by atoms with E-state index in [-0.39, 0.29) is 10.8 Å². The number of sulfonamides is 1. The van der Waals surface area contributed by atoms with Crippen molar-refractivity contribution in [2.24, 2.45) is 0 Å². The molecule has 170 valence electrons. The standard InChI is InChI=1S/C22H30N2O6S/c1-23(2)31(26,27)18-10-7-16(8-11-18)9-12-21(25)24(3)15-17-13-19(28-4)22(30-6)20(14-17)29-5/h7-8,10-11,13-14H,9,12,15H2,1-6H3. The Bertz CT molecular complexity index is 978. The van der Waals surface area contributed by atoms with Crippen LogP contribution in [0, 0.1) is 0 Å². The Morgan fingerprint density at radius 2 is 1.42 bits per heavy atom. The summed E-state index contributed by atoms with van der Waals surface area (Å²) in [5, 5.41) is 0. The van der Waals surface area contributed by atoms with E-state index in [9.17, 15) is 13.2 Å². The van der Waals surface area contributed by atoms with Gasteiger partial charge in [0, 0.05) is 34.1 Å². The number of hydrogen-bond donors (Lipinski definition) is 0. The monoisotopic (exact) mass is 450 g/mol. The molecule has 2 rings (SSSR count). The van der Waals surface area contributed by atoms with Crippen molar-refractivity contribution in [1.82, 2.24) is 9.21 Å². The molecule has 0 radical (unpaired) electrons. The van der Waals surface area contributed by atoms with Gasteiger partial charge in [0.2, 0.25) is 21.7 Å². The zero-order chi connectivity index (χ0) is 23.2. The maximum Gasteiger partial charge on any atom is 0.242 e. The second-order valence-electron chi connectivity index (χ2n) is 7.21. The van der Waals surface area contributed by atoms with Crippen LogP contribution in [0.4, 0.5) is 0 Å². The molecule has 0 bridgehead atoms. The number of nitrogens with zero attached hydrogens (tertiary/aromatic N) is 2. The Balaban J connectivity index is 2.02. The van der Waals surface area contributed by atoms with Crippen LogP contribution in [-0.2, 0) is 27.8 Å². The number of methoxy groups -OCH3 is 3. The molecule has 0 aromatic heterocycles. The Hall–Kier alpha value is -2.78. The van der Waals surface area contributed by atoms with Crippen molar-refractivity contribution in [2.45, 2.75) is 24.3 Å². The van der Waals surface area contributed by atoms with Gasteiger partial charge in [0.05, 0.1) is 26.2 Å². The van der Waals surface area contributed by atoms with Crippen molar-refractivity contribution in [3.63, 3.8) is 0 Å². The minimum absolute atomic E-state index is 0.0289. The predicted molar refractivity (Wildman–Crippen MR) is 118 cm³/mol. The maximum absolute atomic E-state index is 12.6. The number of carbonyl (C=O) groups is 1. The Morgan fingerprint density at radius 1 is 0.871 bits per heavy atom. The molecule has 0 heterocycles. The van der Waals surface area contributed by atoms with Gasteiger partial charge in [-0.1, -0.05) is 12.1 Å². The van der Waals surface area contributed by atoms with Crippen molar-refractivity contribution in [2.75, 3.05) is 42.5 Å². The molecular weight excluding hydrogens is 420 g/mol. The molecule has 0 saturated heterocycles. The molecule has 0 N–H and O–H groups in total. The van der Waals surface area contributed by atoms with Gasteiger partial charge in [-0.05, 0) is 41.8 Å². The van der Waals surface area contributed by atoms with E-state index in [1.54, 1.807) is 50.4 Å². The van der Waals surface area contributed by atoms with Crippen LogP contribution in [0.25, 0.3) is 0 Å². The highest BCUT2D eigenvalue weighted by atomic mass is 32.2. The summed E-state index contributed by atoms with van der Waals surface area (Å²) < 4.78 is 41.5. The third-order valence-corrected chi connectivity index (χ3v) is 6.73. The summed E-state index contributed by atoms with van der Waals surface area (Å²) >= 11 is 0. The van der Waals surface area contributed by atoms with Crippen LogP contribution < -0.4 is 14.2 Å². The van der Waals surface area contributed by atoms with Gasteiger partial charge in [-0.2, -0.15) is 0 Å². The second-order valence-corrected chi connectivity index (χ2v) is 9.37. The Labute approximate surface area is 184 Å². The summed E-state index contributed by atoms with van der Waals surface area (Å²) in [7, 11) is 5.89. The first kappa shape index (κ1) is 24.5. The van der Waals surface area contributed by atoms with E-state index in [1.165, 1.54) is 25.5 Å². The van der Waals surface area contributed by atoms with Crippen LogP contribution in [0.5, 0.6) is 17.2 Å². The van der Waals surface area contributed by atoms with Gasteiger partial charge in [-0.3, -0.25) is 4.79 Å². The Morgan fingerprint density at radius 3 is 1.87 bits per heavy atom. The quantitative estimate of drug-likeness (QED) is 0.553. The van der Waals surface area contributed by atoms with E-state index in [4.69, 9.17) is 14.2 Å². The molecule has 2 aromatic carbocycles. The van der Waals surface area contributed by atoms with Crippen molar-refractivity contribution in [3.8, 4) is 17.2 Å². The summed E-state index contributed by atoms with van der Waals surface area (Å²) in [6, 6.07) is 10.2. The fourth-order valence-electron chi connectivity index (χ4n) is 3.07. The second kappa shape index (κ2) is 10.5. The number of benzene rings is 2. The highest BCUT2D eigenvalue weighted by Gasteiger charge is 2.18. The number of rotatable bonds is 10. The summed E-state index contributed by atoms with van der Waals surface area (Å²) in [6.45, 7) is 0.384. The van der Waals surface area contributed by atoms with Gasteiger partial charge in [0.15, 0.2) is 11.5 Å². The maximum atomic E-state index is 12.6. The first-order valence-corrected chi connectivity index (χ1v) is 11.1. The molecule has 0 saturated carbocycles. The SMILES string of the molecule is COc1cc(CN(C)C(=O)CCc2ccc(S(=O)(=O)N(C)C)cc2)cc(OC)c1OC. The molecule has 0 aliphatic rings. The molecule has 0 unspecified atom stereocenters.